The van der Waals surface area contributed by atoms with Gasteiger partial charge in [0.25, 0.3) is 0 Å². The molecule has 0 fully saturated rings. The molecule has 1 atom stereocenters. The van der Waals surface area contributed by atoms with E-state index in [1.165, 1.54) is 0 Å². The van der Waals surface area contributed by atoms with Crippen molar-refractivity contribution in [3.63, 3.8) is 0 Å². The lowest BCUT2D eigenvalue weighted by Crippen LogP contribution is -2.08. The molecular formula is C10H18N2O. The van der Waals surface area contributed by atoms with E-state index < -0.39 is 0 Å². The van der Waals surface area contributed by atoms with Gasteiger partial charge in [0.1, 0.15) is 0 Å². The molecule has 1 aromatic heterocycles. The van der Waals surface area contributed by atoms with Gasteiger partial charge in [-0.3, -0.25) is 0 Å². The van der Waals surface area contributed by atoms with Gasteiger partial charge in [0.2, 0.25) is 0 Å². The van der Waals surface area contributed by atoms with Gasteiger partial charge in [0.05, 0.1) is 11.7 Å². The molecule has 0 radical (unpaired) electrons. The van der Waals surface area contributed by atoms with Crippen LogP contribution in [0, 0.1) is 0 Å². The summed E-state index contributed by atoms with van der Waals surface area (Å²) in [5.41, 5.74) is 6.90. The van der Waals surface area contributed by atoms with E-state index in [4.69, 9.17) is 10.3 Å². The Labute approximate surface area is 79.3 Å². The predicted molar refractivity (Wildman–Crippen MR) is 52.3 cm³/mol. The van der Waals surface area contributed by atoms with Gasteiger partial charge >= 0.3 is 0 Å². The first-order valence-electron chi connectivity index (χ1n) is 4.99. The number of hydrogen-bond acceptors (Lipinski definition) is 3. The highest BCUT2D eigenvalue weighted by molar-refractivity contribution is 5.08. The van der Waals surface area contributed by atoms with Crippen LogP contribution in [0.3, 0.4) is 0 Å². The standard InChI is InChI=1S/C10H18N2O/c1-3-5-8-7-10(13-12-8)9(11)6-4-2/h7,9H,3-6,11H2,1-2H3. The summed E-state index contributed by atoms with van der Waals surface area (Å²) < 4.78 is 5.16. The van der Waals surface area contributed by atoms with E-state index in [-0.39, 0.29) is 6.04 Å². The average Bonchev–Trinajstić information content (AvgIpc) is 2.54. The van der Waals surface area contributed by atoms with Crippen molar-refractivity contribution in [2.75, 3.05) is 0 Å². The quantitative estimate of drug-likeness (QED) is 0.760. The van der Waals surface area contributed by atoms with Crippen molar-refractivity contribution in [2.45, 2.75) is 45.6 Å². The molecule has 3 nitrogen and oxygen atoms in total. The molecule has 1 heterocycles. The second kappa shape index (κ2) is 5.02. The van der Waals surface area contributed by atoms with Crippen LogP contribution in [-0.4, -0.2) is 5.16 Å². The van der Waals surface area contributed by atoms with E-state index in [1.807, 2.05) is 6.07 Å². The summed E-state index contributed by atoms with van der Waals surface area (Å²) in [7, 11) is 0. The Kier molecular flexibility index (Phi) is 3.96. The van der Waals surface area contributed by atoms with E-state index >= 15 is 0 Å². The van der Waals surface area contributed by atoms with Crippen molar-refractivity contribution in [3.05, 3.63) is 17.5 Å². The maximum absolute atomic E-state index is 5.88. The summed E-state index contributed by atoms with van der Waals surface area (Å²) in [6.07, 6.45) is 4.10. The molecule has 0 saturated carbocycles. The largest absolute Gasteiger partial charge is 0.359 e. The second-order valence-electron chi connectivity index (χ2n) is 3.37. The minimum Gasteiger partial charge on any atom is -0.359 e. The van der Waals surface area contributed by atoms with Gasteiger partial charge in [-0.25, -0.2) is 0 Å². The molecule has 1 unspecified atom stereocenters. The number of nitrogens with two attached hydrogens (primary N) is 1. The van der Waals surface area contributed by atoms with Crippen LogP contribution in [0.1, 0.15) is 50.6 Å². The number of hydrogen-bond donors (Lipinski definition) is 1. The molecule has 74 valence electrons. The Morgan fingerprint density at radius 3 is 2.85 bits per heavy atom. The fraction of sp³-hybridized carbons (Fsp3) is 0.700. The molecule has 0 bridgehead atoms. The van der Waals surface area contributed by atoms with Gasteiger partial charge in [-0.05, 0) is 12.8 Å². The minimum atomic E-state index is 0.0168. The van der Waals surface area contributed by atoms with Crippen LogP contribution >= 0.6 is 0 Å². The monoisotopic (exact) mass is 182 g/mol. The van der Waals surface area contributed by atoms with Gasteiger partial charge < -0.3 is 10.3 Å². The van der Waals surface area contributed by atoms with E-state index in [0.717, 1.165) is 37.1 Å². The van der Waals surface area contributed by atoms with Crippen LogP contribution in [0.25, 0.3) is 0 Å². The van der Waals surface area contributed by atoms with Crippen molar-refractivity contribution in [2.24, 2.45) is 5.73 Å². The molecule has 0 spiro atoms. The predicted octanol–water partition coefficient (Wildman–Crippen LogP) is 2.43. The van der Waals surface area contributed by atoms with Crippen molar-refractivity contribution in [3.8, 4) is 0 Å². The first-order chi connectivity index (χ1) is 6.27. The van der Waals surface area contributed by atoms with Crippen molar-refractivity contribution < 1.29 is 4.52 Å². The highest BCUT2D eigenvalue weighted by Gasteiger charge is 2.10. The molecule has 3 heteroatoms. The zero-order valence-electron chi connectivity index (χ0n) is 8.42. The van der Waals surface area contributed by atoms with Crippen molar-refractivity contribution in [1.29, 1.82) is 0 Å². The minimum absolute atomic E-state index is 0.0168. The summed E-state index contributed by atoms with van der Waals surface area (Å²) in [6, 6.07) is 1.99. The Balaban J connectivity index is 2.56. The summed E-state index contributed by atoms with van der Waals surface area (Å²) in [5, 5.41) is 3.95. The fourth-order valence-electron chi connectivity index (χ4n) is 1.33. The molecule has 0 amide bonds. The molecule has 0 aliphatic rings. The Bertz CT molecular complexity index is 245. The normalized spacial score (nSPS) is 13.2. The van der Waals surface area contributed by atoms with E-state index in [1.54, 1.807) is 0 Å². The van der Waals surface area contributed by atoms with Crippen molar-refractivity contribution in [1.82, 2.24) is 5.16 Å². The smallest absolute Gasteiger partial charge is 0.153 e. The number of rotatable bonds is 5. The van der Waals surface area contributed by atoms with E-state index in [2.05, 4.69) is 19.0 Å². The van der Waals surface area contributed by atoms with Crippen LogP contribution in [0.4, 0.5) is 0 Å². The SMILES string of the molecule is CCCc1cc(C(N)CCC)on1. The summed E-state index contributed by atoms with van der Waals surface area (Å²) in [5.74, 6) is 0.824. The zero-order valence-corrected chi connectivity index (χ0v) is 8.42. The third-order valence-corrected chi connectivity index (χ3v) is 2.05. The topological polar surface area (TPSA) is 52.0 Å². The van der Waals surface area contributed by atoms with Crippen molar-refractivity contribution >= 4 is 0 Å². The molecule has 0 saturated heterocycles. The first-order valence-corrected chi connectivity index (χ1v) is 4.99. The Morgan fingerprint density at radius 2 is 2.23 bits per heavy atom. The van der Waals surface area contributed by atoms with Gasteiger partial charge in [0.15, 0.2) is 5.76 Å². The highest BCUT2D eigenvalue weighted by atomic mass is 16.5. The van der Waals surface area contributed by atoms with Crippen LogP contribution in [0.15, 0.2) is 10.6 Å². The maximum atomic E-state index is 5.88. The Hall–Kier alpha value is -0.830. The molecule has 0 aliphatic heterocycles. The van der Waals surface area contributed by atoms with Crippen LogP contribution in [0.2, 0.25) is 0 Å². The third-order valence-electron chi connectivity index (χ3n) is 2.05. The third kappa shape index (κ3) is 2.84. The second-order valence-corrected chi connectivity index (χ2v) is 3.37. The maximum Gasteiger partial charge on any atom is 0.153 e. The molecule has 0 aromatic carbocycles. The molecule has 1 rings (SSSR count). The molecule has 1 aromatic rings. The molecule has 13 heavy (non-hydrogen) atoms. The van der Waals surface area contributed by atoms with Crippen LogP contribution in [0.5, 0.6) is 0 Å². The fourth-order valence-corrected chi connectivity index (χ4v) is 1.33. The van der Waals surface area contributed by atoms with Crippen LogP contribution in [-0.2, 0) is 6.42 Å². The van der Waals surface area contributed by atoms with Gasteiger partial charge in [-0.1, -0.05) is 31.8 Å². The lowest BCUT2D eigenvalue weighted by atomic mass is 10.1. The van der Waals surface area contributed by atoms with Crippen LogP contribution < -0.4 is 5.73 Å². The summed E-state index contributed by atoms with van der Waals surface area (Å²) in [6.45, 7) is 4.24. The van der Waals surface area contributed by atoms with Gasteiger partial charge in [-0.15, -0.1) is 0 Å². The lowest BCUT2D eigenvalue weighted by Gasteiger charge is -2.03. The zero-order chi connectivity index (χ0) is 9.68. The molecule has 2 N–H and O–H groups in total. The van der Waals surface area contributed by atoms with Gasteiger partial charge in [-0.2, -0.15) is 0 Å². The summed E-state index contributed by atoms with van der Waals surface area (Å²) >= 11 is 0. The van der Waals surface area contributed by atoms with E-state index in [9.17, 15) is 0 Å². The lowest BCUT2D eigenvalue weighted by molar-refractivity contribution is 0.350. The first kappa shape index (κ1) is 10.3. The number of aromatic nitrogens is 1. The van der Waals surface area contributed by atoms with E-state index in [0.29, 0.717) is 0 Å². The molecule has 0 aliphatic carbocycles. The van der Waals surface area contributed by atoms with Gasteiger partial charge in [0, 0.05) is 6.07 Å². The number of aryl methyl sites for hydroxylation is 1. The average molecular weight is 182 g/mol. The summed E-state index contributed by atoms with van der Waals surface area (Å²) in [4.78, 5) is 0. The Morgan fingerprint density at radius 1 is 1.46 bits per heavy atom. The molecular weight excluding hydrogens is 164 g/mol. The highest BCUT2D eigenvalue weighted by Crippen LogP contribution is 2.16. The number of nitrogens with zero attached hydrogens (tertiary/aromatic N) is 1.